The van der Waals surface area contributed by atoms with E-state index in [2.05, 4.69) is 38.5 Å². The lowest BCUT2D eigenvalue weighted by Crippen LogP contribution is -2.58. The summed E-state index contributed by atoms with van der Waals surface area (Å²) in [6.07, 6.45) is 3.74. The van der Waals surface area contributed by atoms with E-state index < -0.39 is 8.07 Å². The Hall–Kier alpha value is -1.14. The number of ether oxygens (including phenoxy) is 1. The lowest BCUT2D eigenvalue weighted by molar-refractivity contribution is -0.150. The van der Waals surface area contributed by atoms with Gasteiger partial charge in [-0.3, -0.25) is 4.79 Å². The van der Waals surface area contributed by atoms with Crippen LogP contribution in [0.4, 0.5) is 0 Å². The Kier molecular flexibility index (Phi) is 4.82. The van der Waals surface area contributed by atoms with Crippen molar-refractivity contribution in [1.29, 1.82) is 0 Å². The van der Waals surface area contributed by atoms with E-state index in [-0.39, 0.29) is 17.4 Å². The van der Waals surface area contributed by atoms with Gasteiger partial charge in [0.15, 0.2) is 0 Å². The number of carbonyl (C=O) groups is 1. The number of likely N-dealkylation sites (tertiary alicyclic amines) is 1. The van der Waals surface area contributed by atoms with Crippen LogP contribution in [0.5, 0.6) is 0 Å². The molecule has 0 radical (unpaired) electrons. The van der Waals surface area contributed by atoms with Crippen LogP contribution >= 0.6 is 0 Å². The lowest BCUT2D eigenvalue weighted by atomic mass is 9.74. The fourth-order valence-electron chi connectivity index (χ4n) is 2.93. The maximum Gasteiger partial charge on any atom is 0.220 e. The summed E-state index contributed by atoms with van der Waals surface area (Å²) in [5.74, 6) is 1.04. The van der Waals surface area contributed by atoms with Crippen molar-refractivity contribution in [2.24, 2.45) is 5.41 Å². The van der Waals surface area contributed by atoms with E-state index in [1.807, 2.05) is 15.7 Å². The maximum absolute atomic E-state index is 11.8. The SMILES string of the molecule is CC(=O)N1CC(C)(C)C1c1nccn1COCC[Si](C)(C)C. The first kappa shape index (κ1) is 17.2. The molecule has 0 aromatic carbocycles. The van der Waals surface area contributed by atoms with Crippen LogP contribution in [0.2, 0.25) is 25.7 Å². The van der Waals surface area contributed by atoms with Crippen LogP contribution < -0.4 is 0 Å². The first-order valence-electron chi connectivity index (χ1n) is 7.98. The Morgan fingerprint density at radius 2 is 2.14 bits per heavy atom. The molecule has 1 amide bonds. The van der Waals surface area contributed by atoms with Crippen LogP contribution in [0.3, 0.4) is 0 Å². The Morgan fingerprint density at radius 3 is 2.68 bits per heavy atom. The number of hydrogen-bond acceptors (Lipinski definition) is 3. The summed E-state index contributed by atoms with van der Waals surface area (Å²) < 4.78 is 7.87. The lowest BCUT2D eigenvalue weighted by Gasteiger charge is -2.53. The highest BCUT2D eigenvalue weighted by atomic mass is 28.3. The Morgan fingerprint density at radius 1 is 1.45 bits per heavy atom. The molecule has 0 aliphatic carbocycles. The molecule has 0 bridgehead atoms. The smallest absolute Gasteiger partial charge is 0.220 e. The normalized spacial score (nSPS) is 20.8. The van der Waals surface area contributed by atoms with Crippen molar-refractivity contribution in [3.63, 3.8) is 0 Å². The third-order valence-corrected chi connectivity index (χ3v) is 5.96. The van der Waals surface area contributed by atoms with Crippen molar-refractivity contribution in [2.75, 3.05) is 13.2 Å². The average molecular weight is 324 g/mol. The highest BCUT2D eigenvalue weighted by molar-refractivity contribution is 6.76. The predicted molar refractivity (Wildman–Crippen MR) is 90.2 cm³/mol. The van der Waals surface area contributed by atoms with E-state index in [0.717, 1.165) is 25.0 Å². The van der Waals surface area contributed by atoms with E-state index in [1.165, 1.54) is 0 Å². The van der Waals surface area contributed by atoms with Gasteiger partial charge < -0.3 is 14.2 Å². The molecule has 0 N–H and O–H groups in total. The van der Waals surface area contributed by atoms with Crippen molar-refractivity contribution >= 4 is 14.0 Å². The molecule has 1 aliphatic heterocycles. The third kappa shape index (κ3) is 3.79. The van der Waals surface area contributed by atoms with Crippen LogP contribution in [-0.4, -0.2) is 41.6 Å². The highest BCUT2D eigenvalue weighted by Gasteiger charge is 2.49. The summed E-state index contributed by atoms with van der Waals surface area (Å²) >= 11 is 0. The van der Waals surface area contributed by atoms with Crippen LogP contribution in [-0.2, 0) is 16.3 Å². The van der Waals surface area contributed by atoms with Gasteiger partial charge in [0.1, 0.15) is 12.6 Å². The molecule has 6 heteroatoms. The second-order valence-electron chi connectivity index (χ2n) is 8.14. The number of imidazole rings is 1. The minimum absolute atomic E-state index is 0.0422. The van der Waals surface area contributed by atoms with E-state index in [9.17, 15) is 4.79 Å². The molecule has 1 unspecified atom stereocenters. The molecule has 124 valence electrons. The van der Waals surface area contributed by atoms with E-state index in [0.29, 0.717) is 6.73 Å². The van der Waals surface area contributed by atoms with Gasteiger partial charge in [0, 0.05) is 46.0 Å². The first-order valence-corrected chi connectivity index (χ1v) is 11.7. The summed E-state index contributed by atoms with van der Waals surface area (Å²) in [4.78, 5) is 18.1. The third-order valence-electron chi connectivity index (χ3n) is 4.25. The second-order valence-corrected chi connectivity index (χ2v) is 13.8. The number of rotatable bonds is 6. The van der Waals surface area contributed by atoms with Gasteiger partial charge in [-0.05, 0) is 6.04 Å². The Labute approximate surface area is 134 Å². The zero-order valence-corrected chi connectivity index (χ0v) is 15.7. The summed E-state index contributed by atoms with van der Waals surface area (Å²) in [6.45, 7) is 15.1. The quantitative estimate of drug-likeness (QED) is 0.597. The van der Waals surface area contributed by atoms with Crippen LogP contribution in [0, 0.1) is 5.41 Å². The van der Waals surface area contributed by atoms with E-state index >= 15 is 0 Å². The molecule has 1 aromatic rings. The van der Waals surface area contributed by atoms with Crippen LogP contribution in [0.15, 0.2) is 12.4 Å². The molecule has 2 heterocycles. The molecule has 1 fully saturated rings. The molecule has 5 nitrogen and oxygen atoms in total. The summed E-state index contributed by atoms with van der Waals surface area (Å²) in [6, 6.07) is 1.20. The van der Waals surface area contributed by atoms with E-state index in [4.69, 9.17) is 4.74 Å². The highest BCUT2D eigenvalue weighted by Crippen LogP contribution is 2.47. The molecule has 2 rings (SSSR count). The monoisotopic (exact) mass is 323 g/mol. The standard InChI is InChI=1S/C16H29N3O2Si/c1-13(20)19-11-16(2,3)14(19)15-17-7-8-18(15)12-21-9-10-22(4,5)6/h7-8,14H,9-12H2,1-6H3. The number of nitrogens with zero attached hydrogens (tertiary/aromatic N) is 3. The fraction of sp³-hybridized carbons (Fsp3) is 0.750. The van der Waals surface area contributed by atoms with Gasteiger partial charge >= 0.3 is 0 Å². The van der Waals surface area contributed by atoms with Gasteiger partial charge in [-0.15, -0.1) is 0 Å². The van der Waals surface area contributed by atoms with Crippen LogP contribution in [0.1, 0.15) is 32.6 Å². The van der Waals surface area contributed by atoms with Crippen LogP contribution in [0.25, 0.3) is 0 Å². The van der Waals surface area contributed by atoms with Gasteiger partial charge in [0.2, 0.25) is 5.91 Å². The molecule has 1 aliphatic rings. The number of aromatic nitrogens is 2. The molecule has 0 spiro atoms. The Balaban J connectivity index is 2.01. The van der Waals surface area contributed by atoms with E-state index in [1.54, 1.807) is 13.1 Å². The maximum atomic E-state index is 11.8. The molecular formula is C16H29N3O2Si. The van der Waals surface area contributed by atoms with Gasteiger partial charge in [0.25, 0.3) is 0 Å². The second kappa shape index (κ2) is 6.16. The molecular weight excluding hydrogens is 294 g/mol. The molecule has 1 aromatic heterocycles. The minimum atomic E-state index is -1.06. The van der Waals surface area contributed by atoms with Crippen molar-refractivity contribution < 1.29 is 9.53 Å². The van der Waals surface area contributed by atoms with Crippen molar-refractivity contribution in [3.8, 4) is 0 Å². The molecule has 0 saturated carbocycles. The summed E-state index contributed by atoms with van der Waals surface area (Å²) in [5.41, 5.74) is 0.0626. The summed E-state index contributed by atoms with van der Waals surface area (Å²) in [5, 5.41) is 0. The fourth-order valence-corrected chi connectivity index (χ4v) is 3.68. The molecule has 22 heavy (non-hydrogen) atoms. The minimum Gasteiger partial charge on any atom is -0.361 e. The predicted octanol–water partition coefficient (Wildman–Crippen LogP) is 3.12. The summed E-state index contributed by atoms with van der Waals surface area (Å²) in [7, 11) is -1.06. The molecule has 1 atom stereocenters. The zero-order chi connectivity index (χ0) is 16.5. The largest absolute Gasteiger partial charge is 0.361 e. The first-order chi connectivity index (χ1) is 10.1. The Bertz CT molecular complexity index is 534. The van der Waals surface area contributed by atoms with Gasteiger partial charge in [-0.2, -0.15) is 0 Å². The van der Waals surface area contributed by atoms with Gasteiger partial charge in [0.05, 0.1) is 6.04 Å². The van der Waals surface area contributed by atoms with Gasteiger partial charge in [-0.1, -0.05) is 33.5 Å². The topological polar surface area (TPSA) is 47.4 Å². The average Bonchev–Trinajstić information content (AvgIpc) is 2.78. The molecule has 1 saturated heterocycles. The number of amides is 1. The van der Waals surface area contributed by atoms with Crippen molar-refractivity contribution in [1.82, 2.24) is 14.5 Å². The number of hydrogen-bond donors (Lipinski definition) is 0. The van der Waals surface area contributed by atoms with Crippen molar-refractivity contribution in [2.45, 2.75) is 59.2 Å². The van der Waals surface area contributed by atoms with Gasteiger partial charge in [-0.25, -0.2) is 4.98 Å². The van der Waals surface area contributed by atoms with Crippen molar-refractivity contribution in [3.05, 3.63) is 18.2 Å². The zero-order valence-electron chi connectivity index (χ0n) is 14.7. The number of carbonyl (C=O) groups excluding carboxylic acids is 1.